The molecule has 0 fully saturated rings. The van der Waals surface area contributed by atoms with Crippen LogP contribution in [0.3, 0.4) is 0 Å². The lowest BCUT2D eigenvalue weighted by Crippen LogP contribution is -1.95. The summed E-state index contributed by atoms with van der Waals surface area (Å²) in [5.74, 6) is 4.29. The summed E-state index contributed by atoms with van der Waals surface area (Å²) in [5.41, 5.74) is 6.80. The summed E-state index contributed by atoms with van der Waals surface area (Å²) in [4.78, 5) is 11.7. The van der Waals surface area contributed by atoms with Crippen LogP contribution in [-0.2, 0) is 0 Å². The Labute approximate surface area is 104 Å². The summed E-state index contributed by atoms with van der Waals surface area (Å²) in [5, 5.41) is 0. The Morgan fingerprint density at radius 2 is 1.83 bits per heavy atom. The first-order valence-electron chi connectivity index (χ1n) is 5.33. The van der Waals surface area contributed by atoms with Crippen molar-refractivity contribution in [2.24, 2.45) is 0 Å². The molecule has 0 heterocycles. The molecule has 0 aliphatic heterocycles. The van der Waals surface area contributed by atoms with Crippen LogP contribution in [0.15, 0.2) is 48.5 Å². The topological polar surface area (TPSA) is 43.1 Å². The molecular weight excluding hydrogens is 229 g/mol. The lowest BCUT2D eigenvalue weighted by molar-refractivity contribution is 0.105. The molecule has 0 saturated carbocycles. The second-order valence-electron chi connectivity index (χ2n) is 3.68. The van der Waals surface area contributed by atoms with Crippen LogP contribution in [0.4, 0.5) is 10.1 Å². The highest BCUT2D eigenvalue weighted by atomic mass is 19.1. The van der Waals surface area contributed by atoms with Crippen LogP contribution in [0, 0.1) is 17.7 Å². The summed E-state index contributed by atoms with van der Waals surface area (Å²) in [7, 11) is 0. The molecule has 0 aliphatic rings. The number of rotatable bonds is 1. The van der Waals surface area contributed by atoms with Crippen LogP contribution in [0.2, 0.25) is 0 Å². The van der Waals surface area contributed by atoms with E-state index in [9.17, 15) is 9.18 Å². The molecule has 2 aromatic rings. The number of hydrogen-bond donors (Lipinski definition) is 1. The number of anilines is 1. The van der Waals surface area contributed by atoms with Crippen molar-refractivity contribution in [2.45, 2.75) is 0 Å². The first-order chi connectivity index (χ1) is 8.66. The SMILES string of the molecule is Nc1ccc(F)cc1C#CC(=O)c1ccccc1. The summed E-state index contributed by atoms with van der Waals surface area (Å²) >= 11 is 0. The van der Waals surface area contributed by atoms with Gasteiger partial charge in [0.15, 0.2) is 0 Å². The Balaban J connectivity index is 2.27. The number of benzene rings is 2. The Bertz CT molecular complexity index is 639. The zero-order chi connectivity index (χ0) is 13.0. The van der Waals surface area contributed by atoms with E-state index in [0.717, 1.165) is 0 Å². The first kappa shape index (κ1) is 11.9. The summed E-state index contributed by atoms with van der Waals surface area (Å²) in [6, 6.07) is 12.6. The van der Waals surface area contributed by atoms with Gasteiger partial charge >= 0.3 is 0 Å². The molecule has 2 nitrogen and oxygen atoms in total. The molecule has 0 spiro atoms. The number of nitrogens with two attached hydrogens (primary N) is 1. The van der Waals surface area contributed by atoms with Gasteiger partial charge in [-0.1, -0.05) is 36.3 Å². The molecule has 3 heteroatoms. The van der Waals surface area contributed by atoms with Crippen molar-refractivity contribution < 1.29 is 9.18 Å². The highest BCUT2D eigenvalue weighted by Gasteiger charge is 2.01. The van der Waals surface area contributed by atoms with Gasteiger partial charge in [0.05, 0.1) is 5.56 Å². The standard InChI is InChI=1S/C15H10FNO/c16-13-7-8-14(17)12(10-13)6-9-15(18)11-4-2-1-3-5-11/h1-5,7-8,10H,17H2. The maximum atomic E-state index is 13.0. The van der Waals surface area contributed by atoms with Gasteiger partial charge in [-0.05, 0) is 24.1 Å². The predicted octanol–water partition coefficient (Wildman–Crippen LogP) is 2.64. The monoisotopic (exact) mass is 239 g/mol. The third-order valence-electron chi connectivity index (χ3n) is 2.36. The fourth-order valence-corrected chi connectivity index (χ4v) is 1.42. The molecule has 2 aromatic carbocycles. The minimum Gasteiger partial charge on any atom is -0.398 e. The van der Waals surface area contributed by atoms with Crippen molar-refractivity contribution >= 4 is 11.5 Å². The zero-order valence-electron chi connectivity index (χ0n) is 9.48. The molecule has 0 atom stereocenters. The highest BCUT2D eigenvalue weighted by Crippen LogP contribution is 2.11. The van der Waals surface area contributed by atoms with Crippen LogP contribution in [0.25, 0.3) is 0 Å². The fourth-order valence-electron chi connectivity index (χ4n) is 1.42. The van der Waals surface area contributed by atoms with Gasteiger partial charge in [-0.25, -0.2) is 4.39 Å². The van der Waals surface area contributed by atoms with Gasteiger partial charge in [-0.2, -0.15) is 0 Å². The van der Waals surface area contributed by atoms with Gasteiger partial charge in [0.25, 0.3) is 0 Å². The number of halogens is 1. The third-order valence-corrected chi connectivity index (χ3v) is 2.36. The molecule has 0 saturated heterocycles. The largest absolute Gasteiger partial charge is 0.398 e. The molecule has 0 aromatic heterocycles. The average molecular weight is 239 g/mol. The molecule has 0 aliphatic carbocycles. The number of carbonyl (C=O) groups excluding carboxylic acids is 1. The summed E-state index contributed by atoms with van der Waals surface area (Å²) in [6.07, 6.45) is 0. The molecule has 2 N–H and O–H groups in total. The number of hydrogen-bond acceptors (Lipinski definition) is 2. The van der Waals surface area contributed by atoms with Crippen LogP contribution in [-0.4, -0.2) is 5.78 Å². The third kappa shape index (κ3) is 2.74. The van der Waals surface area contributed by atoms with E-state index < -0.39 is 5.82 Å². The Morgan fingerprint density at radius 1 is 1.11 bits per heavy atom. The molecule has 0 radical (unpaired) electrons. The number of nitrogen functional groups attached to an aromatic ring is 1. The lowest BCUT2D eigenvalue weighted by atomic mass is 10.1. The Hall–Kier alpha value is -2.60. The second-order valence-corrected chi connectivity index (χ2v) is 3.68. The Kier molecular flexibility index (Phi) is 3.40. The van der Waals surface area contributed by atoms with Crippen molar-refractivity contribution in [2.75, 3.05) is 5.73 Å². The van der Waals surface area contributed by atoms with E-state index in [-0.39, 0.29) is 5.78 Å². The van der Waals surface area contributed by atoms with Crippen LogP contribution < -0.4 is 5.73 Å². The van der Waals surface area contributed by atoms with Crippen molar-refractivity contribution in [3.05, 3.63) is 65.5 Å². The molecule has 0 amide bonds. The second kappa shape index (κ2) is 5.15. The summed E-state index contributed by atoms with van der Waals surface area (Å²) < 4.78 is 13.0. The van der Waals surface area contributed by atoms with Gasteiger partial charge in [-0.3, -0.25) is 4.79 Å². The van der Waals surface area contributed by atoms with E-state index in [1.165, 1.54) is 18.2 Å². The van der Waals surface area contributed by atoms with E-state index >= 15 is 0 Å². The lowest BCUT2D eigenvalue weighted by Gasteiger charge is -1.97. The van der Waals surface area contributed by atoms with Gasteiger partial charge in [0.2, 0.25) is 5.78 Å². The van der Waals surface area contributed by atoms with Gasteiger partial charge in [0, 0.05) is 11.3 Å². The van der Waals surface area contributed by atoms with E-state index in [2.05, 4.69) is 11.8 Å². The van der Waals surface area contributed by atoms with Crippen LogP contribution >= 0.6 is 0 Å². The number of carbonyl (C=O) groups is 1. The maximum absolute atomic E-state index is 13.0. The van der Waals surface area contributed by atoms with Gasteiger partial charge in [0.1, 0.15) is 5.82 Å². The number of ketones is 1. The minimum atomic E-state index is -0.430. The van der Waals surface area contributed by atoms with E-state index in [1.807, 2.05) is 6.07 Å². The zero-order valence-corrected chi connectivity index (χ0v) is 9.48. The molecule has 0 bridgehead atoms. The van der Waals surface area contributed by atoms with Crippen molar-refractivity contribution in [3.63, 3.8) is 0 Å². The fraction of sp³-hybridized carbons (Fsp3) is 0. The highest BCUT2D eigenvalue weighted by molar-refractivity contribution is 6.09. The van der Waals surface area contributed by atoms with E-state index in [0.29, 0.717) is 16.8 Å². The first-order valence-corrected chi connectivity index (χ1v) is 5.33. The molecule has 18 heavy (non-hydrogen) atoms. The molecule has 0 unspecified atom stereocenters. The quantitative estimate of drug-likeness (QED) is 0.472. The minimum absolute atomic E-state index is 0.319. The van der Waals surface area contributed by atoms with Crippen molar-refractivity contribution in [3.8, 4) is 11.8 Å². The maximum Gasteiger partial charge on any atom is 0.236 e. The molecule has 88 valence electrons. The van der Waals surface area contributed by atoms with Gasteiger partial charge in [-0.15, -0.1) is 0 Å². The molecule has 2 rings (SSSR count). The van der Waals surface area contributed by atoms with E-state index in [1.54, 1.807) is 24.3 Å². The number of Topliss-reactive ketones (excluding diaryl/α,β-unsaturated/α-hetero) is 1. The average Bonchev–Trinajstić information content (AvgIpc) is 2.40. The normalized spacial score (nSPS) is 9.39. The Morgan fingerprint density at radius 3 is 2.56 bits per heavy atom. The predicted molar refractivity (Wildman–Crippen MR) is 68.5 cm³/mol. The van der Waals surface area contributed by atoms with Crippen LogP contribution in [0.5, 0.6) is 0 Å². The van der Waals surface area contributed by atoms with Crippen LogP contribution in [0.1, 0.15) is 15.9 Å². The molecular formula is C15H10FNO. The van der Waals surface area contributed by atoms with Crippen molar-refractivity contribution in [1.82, 2.24) is 0 Å². The van der Waals surface area contributed by atoms with E-state index in [4.69, 9.17) is 5.73 Å². The van der Waals surface area contributed by atoms with Crippen molar-refractivity contribution in [1.29, 1.82) is 0 Å². The van der Waals surface area contributed by atoms with Gasteiger partial charge < -0.3 is 5.73 Å². The smallest absolute Gasteiger partial charge is 0.236 e. The summed E-state index contributed by atoms with van der Waals surface area (Å²) in [6.45, 7) is 0.